The quantitative estimate of drug-likeness (QED) is 0.606. The fourth-order valence-corrected chi connectivity index (χ4v) is 4.36. The number of aromatic nitrogens is 2. The lowest BCUT2D eigenvalue weighted by Gasteiger charge is -2.23. The molecule has 0 unspecified atom stereocenters. The van der Waals surface area contributed by atoms with E-state index in [4.69, 9.17) is 11.6 Å². The minimum absolute atomic E-state index is 0.0959. The smallest absolute Gasteiger partial charge is 0.260 e. The highest BCUT2D eigenvalue weighted by molar-refractivity contribution is 7.92. The van der Waals surface area contributed by atoms with E-state index in [-0.39, 0.29) is 16.7 Å². The monoisotopic (exact) mass is 477 g/mol. The van der Waals surface area contributed by atoms with Gasteiger partial charge in [0.15, 0.2) is 0 Å². The first-order valence-electron chi connectivity index (χ1n) is 9.67. The summed E-state index contributed by atoms with van der Waals surface area (Å²) in [7, 11) is -0.264. The minimum atomic E-state index is -3.54. The van der Waals surface area contributed by atoms with Gasteiger partial charge < -0.3 is 10.2 Å². The van der Waals surface area contributed by atoms with Gasteiger partial charge in [-0.15, -0.1) is 0 Å². The van der Waals surface area contributed by atoms with E-state index < -0.39 is 15.8 Å². The molecule has 0 saturated heterocycles. The number of fused-ring (bicyclic) bond motifs is 1. The maximum absolute atomic E-state index is 14.6. The van der Waals surface area contributed by atoms with Crippen LogP contribution >= 0.6 is 11.6 Å². The van der Waals surface area contributed by atoms with Gasteiger partial charge in [-0.05, 0) is 30.3 Å². The standard InChI is InChI=1S/C21H21ClFN5O3S/c1-26-8-9-28-20(26)18(11-15(21(28)29)14-10-13(22)4-5-16(14)23)25-17-6-7-24-12-19(17)27(2)32(3,30)31/h4-7,10-12H,8-9H2,1-3H3,(H,24,25). The molecular formula is C21H21ClFN5O3S. The van der Waals surface area contributed by atoms with Gasteiger partial charge in [0.1, 0.15) is 11.6 Å². The Bertz CT molecular complexity index is 1380. The number of hydrogen-bond acceptors (Lipinski definition) is 6. The van der Waals surface area contributed by atoms with Crippen LogP contribution in [0.1, 0.15) is 0 Å². The molecule has 11 heteroatoms. The van der Waals surface area contributed by atoms with Crippen molar-refractivity contribution in [1.29, 1.82) is 0 Å². The zero-order valence-electron chi connectivity index (χ0n) is 17.6. The molecule has 168 valence electrons. The molecule has 1 aliphatic rings. The van der Waals surface area contributed by atoms with Gasteiger partial charge in [0, 0.05) is 44.0 Å². The van der Waals surface area contributed by atoms with Crippen molar-refractivity contribution in [3.8, 4) is 11.1 Å². The van der Waals surface area contributed by atoms with Crippen molar-refractivity contribution >= 4 is 44.5 Å². The van der Waals surface area contributed by atoms with Crippen molar-refractivity contribution in [2.24, 2.45) is 0 Å². The van der Waals surface area contributed by atoms with E-state index in [1.807, 2.05) is 11.9 Å². The first-order chi connectivity index (χ1) is 15.1. The average Bonchev–Trinajstić information content (AvgIpc) is 3.13. The molecule has 4 rings (SSSR count). The van der Waals surface area contributed by atoms with Gasteiger partial charge in [-0.2, -0.15) is 0 Å². The molecule has 0 fully saturated rings. The predicted molar refractivity (Wildman–Crippen MR) is 125 cm³/mol. The maximum Gasteiger partial charge on any atom is 0.260 e. The lowest BCUT2D eigenvalue weighted by Crippen LogP contribution is -2.26. The second kappa shape index (κ2) is 8.10. The Labute approximate surface area is 189 Å². The summed E-state index contributed by atoms with van der Waals surface area (Å²) in [4.78, 5) is 19.1. The zero-order chi connectivity index (χ0) is 23.2. The van der Waals surface area contributed by atoms with Crippen LogP contribution in [0, 0.1) is 5.82 Å². The highest BCUT2D eigenvalue weighted by Crippen LogP contribution is 2.37. The van der Waals surface area contributed by atoms with Crippen molar-refractivity contribution in [3.05, 3.63) is 63.9 Å². The van der Waals surface area contributed by atoms with Crippen LogP contribution < -0.4 is 20.1 Å². The molecule has 0 saturated carbocycles. The summed E-state index contributed by atoms with van der Waals surface area (Å²) in [6.07, 6.45) is 4.05. The summed E-state index contributed by atoms with van der Waals surface area (Å²) in [5, 5.41) is 3.53. The third kappa shape index (κ3) is 3.91. The number of halogens is 2. The van der Waals surface area contributed by atoms with Gasteiger partial charge in [-0.3, -0.25) is 18.7 Å². The summed E-state index contributed by atoms with van der Waals surface area (Å²) >= 11 is 6.06. The molecule has 0 aliphatic carbocycles. The molecule has 3 aromatic rings. The van der Waals surface area contributed by atoms with Crippen LogP contribution in [0.25, 0.3) is 11.1 Å². The number of hydrogen-bond donors (Lipinski definition) is 1. The zero-order valence-corrected chi connectivity index (χ0v) is 19.2. The van der Waals surface area contributed by atoms with Gasteiger partial charge in [0.25, 0.3) is 5.56 Å². The molecule has 8 nitrogen and oxygen atoms in total. The van der Waals surface area contributed by atoms with E-state index in [0.29, 0.717) is 41.0 Å². The van der Waals surface area contributed by atoms with Gasteiger partial charge >= 0.3 is 0 Å². The number of benzene rings is 1. The van der Waals surface area contributed by atoms with E-state index in [1.165, 1.54) is 37.6 Å². The van der Waals surface area contributed by atoms with Crippen molar-refractivity contribution in [2.75, 3.05) is 41.4 Å². The molecule has 0 amide bonds. The Morgan fingerprint density at radius 1 is 1.16 bits per heavy atom. The van der Waals surface area contributed by atoms with E-state index in [0.717, 1.165) is 10.6 Å². The highest BCUT2D eigenvalue weighted by atomic mass is 35.5. The van der Waals surface area contributed by atoms with E-state index >= 15 is 0 Å². The van der Waals surface area contributed by atoms with Crippen LogP contribution in [0.15, 0.2) is 47.5 Å². The van der Waals surface area contributed by atoms with Gasteiger partial charge in [-0.1, -0.05) is 11.6 Å². The Kier molecular flexibility index (Phi) is 5.59. The molecule has 0 spiro atoms. The predicted octanol–water partition coefficient (Wildman–Crippen LogP) is 3.29. The number of nitrogens with zero attached hydrogens (tertiary/aromatic N) is 4. The summed E-state index contributed by atoms with van der Waals surface area (Å²) in [5.41, 5.74) is 1.23. The van der Waals surface area contributed by atoms with Gasteiger partial charge in [0.2, 0.25) is 10.0 Å². The van der Waals surface area contributed by atoms with Gasteiger partial charge in [0.05, 0.1) is 35.1 Å². The third-order valence-corrected chi connectivity index (χ3v) is 6.83. The van der Waals surface area contributed by atoms with Crippen LogP contribution in [-0.4, -0.2) is 44.9 Å². The first kappa shape index (κ1) is 22.1. The summed E-state index contributed by atoms with van der Waals surface area (Å²) < 4.78 is 41.5. The van der Waals surface area contributed by atoms with Crippen LogP contribution in [0.5, 0.6) is 0 Å². The first-order valence-corrected chi connectivity index (χ1v) is 11.9. The normalized spacial score (nSPS) is 13.2. The average molecular weight is 478 g/mol. The number of nitrogens with one attached hydrogen (secondary N) is 1. The molecule has 1 aromatic carbocycles. The fraction of sp³-hybridized carbons (Fsp3) is 0.238. The van der Waals surface area contributed by atoms with E-state index in [9.17, 15) is 17.6 Å². The summed E-state index contributed by atoms with van der Waals surface area (Å²) in [5.74, 6) is 0.0525. The molecule has 1 aliphatic heterocycles. The van der Waals surface area contributed by atoms with Crippen LogP contribution in [0.2, 0.25) is 5.02 Å². The number of likely N-dealkylation sites (N-methyl/N-ethyl adjacent to an activating group) is 1. The van der Waals surface area contributed by atoms with Crippen molar-refractivity contribution in [2.45, 2.75) is 6.54 Å². The van der Waals surface area contributed by atoms with Crippen LogP contribution in [0.4, 0.5) is 27.3 Å². The number of anilines is 4. The fourth-order valence-electron chi connectivity index (χ4n) is 3.69. The molecule has 0 atom stereocenters. The molecule has 3 heterocycles. The van der Waals surface area contributed by atoms with Crippen molar-refractivity contribution in [1.82, 2.24) is 9.55 Å². The topological polar surface area (TPSA) is 87.5 Å². The molecule has 2 aromatic heterocycles. The SMILES string of the molecule is CN1CCn2c1c(Nc1ccncc1N(C)S(C)(=O)=O)cc(-c1cc(Cl)ccc1F)c2=O. The Balaban J connectivity index is 1.91. The third-order valence-electron chi connectivity index (χ3n) is 5.41. The van der Waals surface area contributed by atoms with Crippen LogP contribution in [0.3, 0.4) is 0 Å². The second-order valence-corrected chi connectivity index (χ2v) is 10.00. The van der Waals surface area contributed by atoms with Gasteiger partial charge in [-0.25, -0.2) is 12.8 Å². The molecule has 32 heavy (non-hydrogen) atoms. The lowest BCUT2D eigenvalue weighted by atomic mass is 10.1. The summed E-state index contributed by atoms with van der Waals surface area (Å²) in [6, 6.07) is 7.25. The summed E-state index contributed by atoms with van der Waals surface area (Å²) in [6.45, 7) is 1.03. The molecule has 0 radical (unpaired) electrons. The number of sulfonamides is 1. The van der Waals surface area contributed by atoms with Crippen LogP contribution in [-0.2, 0) is 16.6 Å². The minimum Gasteiger partial charge on any atom is -0.357 e. The van der Waals surface area contributed by atoms with E-state index in [1.54, 1.807) is 16.7 Å². The Morgan fingerprint density at radius 3 is 2.62 bits per heavy atom. The Hall–Kier alpha value is -3.11. The molecule has 0 bridgehead atoms. The Morgan fingerprint density at radius 2 is 1.91 bits per heavy atom. The maximum atomic E-state index is 14.6. The lowest BCUT2D eigenvalue weighted by molar-refractivity contribution is 0.600. The van der Waals surface area contributed by atoms with Crippen molar-refractivity contribution in [3.63, 3.8) is 0 Å². The molecule has 1 N–H and O–H groups in total. The largest absolute Gasteiger partial charge is 0.357 e. The number of rotatable bonds is 5. The van der Waals surface area contributed by atoms with Crippen molar-refractivity contribution < 1.29 is 12.8 Å². The van der Waals surface area contributed by atoms with E-state index in [2.05, 4.69) is 10.3 Å². The second-order valence-electron chi connectivity index (χ2n) is 7.55. The highest BCUT2D eigenvalue weighted by Gasteiger charge is 2.26. The number of pyridine rings is 2. The molecular weight excluding hydrogens is 457 g/mol.